The van der Waals surface area contributed by atoms with Gasteiger partial charge in [-0.15, -0.1) is 0 Å². The Kier molecular flexibility index (Phi) is 3.36. The number of hydrogen-bond donors (Lipinski definition) is 2. The normalized spacial score (nSPS) is 11.4. The molecule has 0 saturated heterocycles. The van der Waals surface area contributed by atoms with Gasteiger partial charge in [0, 0.05) is 6.54 Å². The summed E-state index contributed by atoms with van der Waals surface area (Å²) in [5.41, 5.74) is 1.36. The fourth-order valence-corrected chi connectivity index (χ4v) is 1.54. The number of halogens is 1. The Labute approximate surface area is 98.0 Å². The molecule has 0 amide bonds. The maximum Gasteiger partial charge on any atom is 0.226 e. The SMILES string of the molecule is C/C=C/CCNc1nc(Cl)nc2nc[nH]c12. The van der Waals surface area contributed by atoms with Crippen LogP contribution in [0.1, 0.15) is 13.3 Å². The fraction of sp³-hybridized carbons (Fsp3) is 0.300. The Hall–Kier alpha value is -1.62. The minimum atomic E-state index is 0.202. The van der Waals surface area contributed by atoms with Gasteiger partial charge in [0.25, 0.3) is 0 Å². The number of hydrogen-bond acceptors (Lipinski definition) is 4. The van der Waals surface area contributed by atoms with E-state index in [0.717, 1.165) is 18.5 Å². The van der Waals surface area contributed by atoms with E-state index in [1.807, 2.05) is 13.0 Å². The summed E-state index contributed by atoms with van der Waals surface area (Å²) in [5.74, 6) is 0.692. The van der Waals surface area contributed by atoms with E-state index in [9.17, 15) is 0 Å². The Bertz CT molecular complexity index is 505. The molecule has 0 aromatic carbocycles. The van der Waals surface area contributed by atoms with Gasteiger partial charge in [0.2, 0.25) is 5.28 Å². The highest BCUT2D eigenvalue weighted by molar-refractivity contribution is 6.28. The Balaban J connectivity index is 2.18. The molecule has 2 aromatic heterocycles. The monoisotopic (exact) mass is 237 g/mol. The predicted molar refractivity (Wildman–Crippen MR) is 64.6 cm³/mol. The number of imidazole rings is 1. The largest absolute Gasteiger partial charge is 0.368 e. The molecule has 16 heavy (non-hydrogen) atoms. The lowest BCUT2D eigenvalue weighted by Crippen LogP contribution is -2.04. The highest BCUT2D eigenvalue weighted by atomic mass is 35.5. The molecule has 0 spiro atoms. The highest BCUT2D eigenvalue weighted by Gasteiger charge is 2.07. The number of nitrogens with zero attached hydrogens (tertiary/aromatic N) is 3. The number of H-pyrrole nitrogens is 1. The first-order valence-corrected chi connectivity index (χ1v) is 5.40. The van der Waals surface area contributed by atoms with E-state index in [1.54, 1.807) is 6.33 Å². The fourth-order valence-electron chi connectivity index (χ4n) is 1.38. The van der Waals surface area contributed by atoms with Crippen LogP contribution in [0.15, 0.2) is 18.5 Å². The first kappa shape index (κ1) is 10.9. The van der Waals surface area contributed by atoms with E-state index in [0.29, 0.717) is 11.5 Å². The zero-order chi connectivity index (χ0) is 11.4. The van der Waals surface area contributed by atoms with E-state index >= 15 is 0 Å². The van der Waals surface area contributed by atoms with E-state index < -0.39 is 0 Å². The molecule has 2 N–H and O–H groups in total. The number of allylic oxidation sites excluding steroid dienone is 1. The number of aromatic amines is 1. The van der Waals surface area contributed by atoms with Gasteiger partial charge in [0.05, 0.1) is 6.33 Å². The van der Waals surface area contributed by atoms with Crippen molar-refractivity contribution in [3.8, 4) is 0 Å². The summed E-state index contributed by atoms with van der Waals surface area (Å²) >= 11 is 5.79. The summed E-state index contributed by atoms with van der Waals surface area (Å²) in [4.78, 5) is 15.1. The molecule has 0 unspecified atom stereocenters. The van der Waals surface area contributed by atoms with Crippen molar-refractivity contribution >= 4 is 28.6 Å². The predicted octanol–water partition coefficient (Wildman–Crippen LogP) is 2.38. The molecule has 0 saturated carbocycles. The molecule has 5 nitrogen and oxygen atoms in total. The van der Waals surface area contributed by atoms with Crippen LogP contribution >= 0.6 is 11.6 Å². The van der Waals surface area contributed by atoms with Crippen LogP contribution < -0.4 is 5.32 Å². The molecule has 84 valence electrons. The van der Waals surface area contributed by atoms with E-state index in [1.165, 1.54) is 0 Å². The van der Waals surface area contributed by atoms with Crippen LogP contribution in [0.25, 0.3) is 11.2 Å². The Morgan fingerprint density at radius 3 is 3.19 bits per heavy atom. The van der Waals surface area contributed by atoms with Crippen molar-refractivity contribution in [3.05, 3.63) is 23.8 Å². The maximum absolute atomic E-state index is 5.79. The zero-order valence-corrected chi connectivity index (χ0v) is 9.62. The van der Waals surface area contributed by atoms with Crippen LogP contribution in [0.2, 0.25) is 5.28 Å². The Morgan fingerprint density at radius 2 is 2.38 bits per heavy atom. The van der Waals surface area contributed by atoms with Crippen molar-refractivity contribution < 1.29 is 0 Å². The summed E-state index contributed by atoms with van der Waals surface area (Å²) in [7, 11) is 0. The van der Waals surface area contributed by atoms with E-state index in [2.05, 4.69) is 31.3 Å². The second-order valence-corrected chi connectivity index (χ2v) is 3.56. The van der Waals surface area contributed by atoms with Crippen LogP contribution in [0.4, 0.5) is 5.82 Å². The third-order valence-electron chi connectivity index (χ3n) is 2.10. The van der Waals surface area contributed by atoms with Gasteiger partial charge in [-0.3, -0.25) is 0 Å². The molecule has 0 atom stereocenters. The third-order valence-corrected chi connectivity index (χ3v) is 2.27. The molecular formula is C10H12ClN5. The van der Waals surface area contributed by atoms with Crippen LogP contribution in [-0.2, 0) is 0 Å². The van der Waals surface area contributed by atoms with Gasteiger partial charge in [-0.25, -0.2) is 4.98 Å². The molecule has 0 bridgehead atoms. The topological polar surface area (TPSA) is 66.5 Å². The smallest absolute Gasteiger partial charge is 0.226 e. The van der Waals surface area contributed by atoms with E-state index in [-0.39, 0.29) is 5.28 Å². The van der Waals surface area contributed by atoms with Crippen LogP contribution in [0.3, 0.4) is 0 Å². The van der Waals surface area contributed by atoms with Gasteiger partial charge < -0.3 is 10.3 Å². The molecule has 2 rings (SSSR count). The summed E-state index contributed by atoms with van der Waals surface area (Å²) in [5, 5.41) is 3.39. The van der Waals surface area contributed by atoms with Gasteiger partial charge >= 0.3 is 0 Å². The molecule has 0 aliphatic rings. The first-order chi connectivity index (χ1) is 7.81. The van der Waals surface area contributed by atoms with Gasteiger partial charge in [0.1, 0.15) is 5.52 Å². The summed E-state index contributed by atoms with van der Waals surface area (Å²) < 4.78 is 0. The molecule has 2 heterocycles. The molecule has 0 fully saturated rings. The van der Waals surface area contributed by atoms with Gasteiger partial charge in [-0.05, 0) is 24.9 Å². The standard InChI is InChI=1S/C10H12ClN5/c1-2-3-4-5-12-8-7-9(14-6-13-7)16-10(11)15-8/h2-3,6H,4-5H2,1H3,(H2,12,13,14,15,16)/b3-2+. The second-order valence-electron chi connectivity index (χ2n) is 3.23. The minimum absolute atomic E-state index is 0.202. The number of nitrogens with one attached hydrogen (secondary N) is 2. The average Bonchev–Trinajstić information content (AvgIpc) is 2.72. The van der Waals surface area contributed by atoms with Crippen molar-refractivity contribution in [3.63, 3.8) is 0 Å². The summed E-state index contributed by atoms with van der Waals surface area (Å²) in [6, 6.07) is 0. The maximum atomic E-state index is 5.79. The summed E-state index contributed by atoms with van der Waals surface area (Å²) in [6.45, 7) is 2.79. The quantitative estimate of drug-likeness (QED) is 0.487. The van der Waals surface area contributed by atoms with Gasteiger partial charge in [-0.2, -0.15) is 9.97 Å². The van der Waals surface area contributed by atoms with Crippen molar-refractivity contribution in [1.29, 1.82) is 0 Å². The Morgan fingerprint density at radius 1 is 1.50 bits per heavy atom. The molecule has 0 radical (unpaired) electrons. The van der Waals surface area contributed by atoms with E-state index in [4.69, 9.17) is 11.6 Å². The average molecular weight is 238 g/mol. The second kappa shape index (κ2) is 4.94. The molecule has 2 aromatic rings. The number of aromatic nitrogens is 4. The number of rotatable bonds is 4. The molecule has 6 heteroatoms. The zero-order valence-electron chi connectivity index (χ0n) is 8.87. The van der Waals surface area contributed by atoms with Gasteiger partial charge in [-0.1, -0.05) is 12.2 Å². The lowest BCUT2D eigenvalue weighted by molar-refractivity contribution is 1.04. The lowest BCUT2D eigenvalue weighted by Gasteiger charge is -2.04. The van der Waals surface area contributed by atoms with Gasteiger partial charge in [0.15, 0.2) is 11.5 Å². The van der Waals surface area contributed by atoms with Crippen LogP contribution in [0, 0.1) is 0 Å². The number of anilines is 1. The minimum Gasteiger partial charge on any atom is -0.368 e. The molecule has 0 aliphatic heterocycles. The first-order valence-electron chi connectivity index (χ1n) is 5.03. The molecule has 0 aliphatic carbocycles. The van der Waals surface area contributed by atoms with Crippen molar-refractivity contribution in [1.82, 2.24) is 19.9 Å². The van der Waals surface area contributed by atoms with Crippen LogP contribution in [-0.4, -0.2) is 26.5 Å². The summed E-state index contributed by atoms with van der Waals surface area (Å²) in [6.07, 6.45) is 6.61. The third kappa shape index (κ3) is 2.30. The van der Waals surface area contributed by atoms with Crippen molar-refractivity contribution in [2.75, 3.05) is 11.9 Å². The van der Waals surface area contributed by atoms with Crippen molar-refractivity contribution in [2.45, 2.75) is 13.3 Å². The van der Waals surface area contributed by atoms with Crippen LogP contribution in [0.5, 0.6) is 0 Å². The van der Waals surface area contributed by atoms with Crippen molar-refractivity contribution in [2.24, 2.45) is 0 Å². The highest BCUT2D eigenvalue weighted by Crippen LogP contribution is 2.18. The molecular weight excluding hydrogens is 226 g/mol. The number of fused-ring (bicyclic) bond motifs is 1. The lowest BCUT2D eigenvalue weighted by atomic mass is 10.4.